The van der Waals surface area contributed by atoms with Gasteiger partial charge < -0.3 is 10.6 Å². The van der Waals surface area contributed by atoms with Crippen LogP contribution in [-0.4, -0.2) is 28.1 Å². The number of aromatic nitrogens is 2. The Hall–Kier alpha value is -2.63. The lowest BCUT2D eigenvalue weighted by molar-refractivity contribution is -0.123. The fraction of sp³-hybridized carbons (Fsp3) is 0.542. The second-order valence-electron chi connectivity index (χ2n) is 8.65. The van der Waals surface area contributed by atoms with Gasteiger partial charge in [0.25, 0.3) is 0 Å². The summed E-state index contributed by atoms with van der Waals surface area (Å²) in [5.41, 5.74) is 3.54. The van der Waals surface area contributed by atoms with Crippen molar-refractivity contribution < 1.29 is 9.59 Å². The van der Waals surface area contributed by atoms with Crippen molar-refractivity contribution in [1.82, 2.24) is 15.1 Å². The largest absolute Gasteiger partial charge is 0.355 e. The van der Waals surface area contributed by atoms with Crippen molar-refractivity contribution in [3.63, 3.8) is 0 Å². The predicted molar refractivity (Wildman–Crippen MR) is 118 cm³/mol. The van der Waals surface area contributed by atoms with Crippen molar-refractivity contribution in [3.05, 3.63) is 35.9 Å². The fourth-order valence-electron chi connectivity index (χ4n) is 4.65. The van der Waals surface area contributed by atoms with Gasteiger partial charge in [-0.3, -0.25) is 14.3 Å². The molecule has 2 heterocycles. The molecule has 160 valence electrons. The summed E-state index contributed by atoms with van der Waals surface area (Å²) in [5.74, 6) is 0.0640. The van der Waals surface area contributed by atoms with Gasteiger partial charge in [0.15, 0.2) is 5.82 Å². The zero-order valence-corrected chi connectivity index (χ0v) is 17.8. The van der Waals surface area contributed by atoms with E-state index in [4.69, 9.17) is 5.10 Å². The van der Waals surface area contributed by atoms with Gasteiger partial charge in [-0.1, -0.05) is 57.2 Å². The minimum atomic E-state index is -0.322. The van der Waals surface area contributed by atoms with Gasteiger partial charge in [0.1, 0.15) is 0 Å². The molecule has 2 aromatic rings. The Labute approximate surface area is 178 Å². The molecule has 1 aromatic carbocycles. The average molecular weight is 409 g/mol. The molecule has 0 unspecified atom stereocenters. The number of rotatable bonds is 6. The van der Waals surface area contributed by atoms with Crippen LogP contribution in [0.4, 0.5) is 5.82 Å². The number of carbonyl (C=O) groups excluding carboxylic acids is 2. The molecule has 6 nitrogen and oxygen atoms in total. The van der Waals surface area contributed by atoms with E-state index in [9.17, 15) is 9.59 Å². The van der Waals surface area contributed by atoms with E-state index in [1.54, 1.807) is 0 Å². The summed E-state index contributed by atoms with van der Waals surface area (Å²) in [5, 5.41) is 10.5. The van der Waals surface area contributed by atoms with E-state index >= 15 is 0 Å². The third-order valence-electron chi connectivity index (χ3n) is 6.27. The van der Waals surface area contributed by atoms with E-state index in [2.05, 4.69) is 46.5 Å². The summed E-state index contributed by atoms with van der Waals surface area (Å²) < 4.78 is 2.14. The Kier molecular flexibility index (Phi) is 6.50. The molecule has 1 aromatic heterocycles. The number of benzene rings is 1. The van der Waals surface area contributed by atoms with E-state index in [0.717, 1.165) is 36.9 Å². The molecule has 2 aliphatic rings. The standard InChI is InChI=1S/C24H32N4O2/c1-2-8-17-9-7-10-18(13-17)21-15-22(26-24(30)19-14-23(29)25-16-19)27-28(21)20-11-5-3-4-6-12-20/h7,9-10,13,15,19-20H,2-6,8,11-12,14,16H2,1H3,(H,25,29)(H,26,27,30)/t19-/m1/s1. The number of nitrogens with one attached hydrogen (secondary N) is 2. The van der Waals surface area contributed by atoms with Crippen LogP contribution in [0.25, 0.3) is 11.3 Å². The summed E-state index contributed by atoms with van der Waals surface area (Å²) in [4.78, 5) is 24.1. The number of anilines is 1. The number of hydrogen-bond acceptors (Lipinski definition) is 3. The monoisotopic (exact) mass is 408 g/mol. The van der Waals surface area contributed by atoms with Crippen LogP contribution in [-0.2, 0) is 16.0 Å². The van der Waals surface area contributed by atoms with Crippen LogP contribution in [0.1, 0.15) is 69.9 Å². The second-order valence-corrected chi connectivity index (χ2v) is 8.65. The Morgan fingerprint density at radius 2 is 2.00 bits per heavy atom. The number of nitrogens with zero attached hydrogens (tertiary/aromatic N) is 2. The van der Waals surface area contributed by atoms with Gasteiger partial charge in [-0.25, -0.2) is 0 Å². The molecule has 0 bridgehead atoms. The fourth-order valence-corrected chi connectivity index (χ4v) is 4.65. The van der Waals surface area contributed by atoms with Crippen molar-refractivity contribution in [3.8, 4) is 11.3 Å². The molecule has 2 N–H and O–H groups in total. The lowest BCUT2D eigenvalue weighted by Crippen LogP contribution is -2.25. The Bertz CT molecular complexity index is 896. The minimum absolute atomic E-state index is 0.0624. The molecule has 30 heavy (non-hydrogen) atoms. The SMILES string of the molecule is CCCc1cccc(-c2cc(NC(=O)[C@H]3CNC(=O)C3)nn2C2CCCCCC2)c1. The third kappa shape index (κ3) is 4.74. The topological polar surface area (TPSA) is 76.0 Å². The summed E-state index contributed by atoms with van der Waals surface area (Å²) in [6, 6.07) is 11.0. The normalized spacial score (nSPS) is 20.0. The van der Waals surface area contributed by atoms with Crippen LogP contribution in [0.3, 0.4) is 0 Å². The highest BCUT2D eigenvalue weighted by molar-refractivity contribution is 5.96. The maximum Gasteiger partial charge on any atom is 0.230 e. The third-order valence-corrected chi connectivity index (χ3v) is 6.27. The quantitative estimate of drug-likeness (QED) is 0.692. The number of amides is 2. The molecular formula is C24H32N4O2. The average Bonchev–Trinajstić information content (AvgIpc) is 3.26. The molecule has 2 fully saturated rings. The predicted octanol–water partition coefficient (Wildman–Crippen LogP) is 4.47. The highest BCUT2D eigenvalue weighted by atomic mass is 16.2. The van der Waals surface area contributed by atoms with Crippen LogP contribution in [0.5, 0.6) is 0 Å². The number of carbonyl (C=O) groups is 2. The van der Waals surface area contributed by atoms with Gasteiger partial charge in [-0.2, -0.15) is 5.10 Å². The smallest absolute Gasteiger partial charge is 0.230 e. The molecule has 1 aliphatic heterocycles. The van der Waals surface area contributed by atoms with Crippen molar-refractivity contribution in [2.45, 2.75) is 70.8 Å². The maximum absolute atomic E-state index is 12.6. The van der Waals surface area contributed by atoms with Gasteiger partial charge in [0.2, 0.25) is 11.8 Å². The van der Waals surface area contributed by atoms with E-state index in [-0.39, 0.29) is 24.2 Å². The van der Waals surface area contributed by atoms with Crippen LogP contribution in [0.2, 0.25) is 0 Å². The van der Waals surface area contributed by atoms with Crippen LogP contribution < -0.4 is 10.6 Å². The zero-order chi connectivity index (χ0) is 20.9. The molecule has 1 aliphatic carbocycles. The zero-order valence-electron chi connectivity index (χ0n) is 17.8. The second kappa shape index (κ2) is 9.45. The van der Waals surface area contributed by atoms with Gasteiger partial charge in [0.05, 0.1) is 17.7 Å². The molecule has 1 atom stereocenters. The van der Waals surface area contributed by atoms with Gasteiger partial charge in [-0.15, -0.1) is 0 Å². The van der Waals surface area contributed by atoms with Crippen molar-refractivity contribution in [2.75, 3.05) is 11.9 Å². The lowest BCUT2D eigenvalue weighted by Gasteiger charge is -2.18. The molecular weight excluding hydrogens is 376 g/mol. The first-order valence-electron chi connectivity index (χ1n) is 11.4. The van der Waals surface area contributed by atoms with Gasteiger partial charge in [-0.05, 0) is 30.9 Å². The van der Waals surface area contributed by atoms with E-state index in [1.165, 1.54) is 31.2 Å². The van der Waals surface area contributed by atoms with E-state index in [1.807, 2.05) is 6.07 Å². The Morgan fingerprint density at radius 1 is 1.20 bits per heavy atom. The maximum atomic E-state index is 12.6. The lowest BCUT2D eigenvalue weighted by atomic mass is 10.0. The molecule has 0 spiro atoms. The van der Waals surface area contributed by atoms with Gasteiger partial charge in [0, 0.05) is 24.6 Å². The first kappa shape index (κ1) is 20.6. The summed E-state index contributed by atoms with van der Waals surface area (Å²) in [6.45, 7) is 2.60. The highest BCUT2D eigenvalue weighted by Crippen LogP contribution is 2.33. The van der Waals surface area contributed by atoms with Crippen molar-refractivity contribution in [2.24, 2.45) is 5.92 Å². The van der Waals surface area contributed by atoms with Gasteiger partial charge >= 0.3 is 0 Å². The first-order chi connectivity index (χ1) is 14.6. The summed E-state index contributed by atoms with van der Waals surface area (Å²) in [7, 11) is 0. The van der Waals surface area contributed by atoms with E-state index in [0.29, 0.717) is 18.4 Å². The Morgan fingerprint density at radius 3 is 2.70 bits per heavy atom. The summed E-state index contributed by atoms with van der Waals surface area (Å²) in [6.07, 6.45) is 9.67. The van der Waals surface area contributed by atoms with E-state index < -0.39 is 0 Å². The molecule has 0 radical (unpaired) electrons. The molecule has 1 saturated carbocycles. The number of hydrogen-bond donors (Lipinski definition) is 2. The first-order valence-corrected chi connectivity index (χ1v) is 11.4. The molecule has 2 amide bonds. The molecule has 1 saturated heterocycles. The van der Waals surface area contributed by atoms with Crippen LogP contribution >= 0.6 is 0 Å². The summed E-state index contributed by atoms with van der Waals surface area (Å²) >= 11 is 0. The van der Waals surface area contributed by atoms with Crippen LogP contribution in [0.15, 0.2) is 30.3 Å². The minimum Gasteiger partial charge on any atom is -0.355 e. The van der Waals surface area contributed by atoms with Crippen molar-refractivity contribution >= 4 is 17.6 Å². The number of aryl methyl sites for hydroxylation is 1. The highest BCUT2D eigenvalue weighted by Gasteiger charge is 2.29. The van der Waals surface area contributed by atoms with Crippen molar-refractivity contribution in [1.29, 1.82) is 0 Å². The Balaban J connectivity index is 1.63. The van der Waals surface area contributed by atoms with Crippen LogP contribution in [0, 0.1) is 5.92 Å². The molecule has 6 heteroatoms. The molecule has 4 rings (SSSR count).